The highest BCUT2D eigenvalue weighted by Gasteiger charge is 2.03. The van der Waals surface area contributed by atoms with E-state index in [0.29, 0.717) is 16.6 Å². The zero-order valence-electron chi connectivity index (χ0n) is 8.95. The van der Waals surface area contributed by atoms with Gasteiger partial charge in [-0.2, -0.15) is 0 Å². The zero-order valence-corrected chi connectivity index (χ0v) is 10.5. The van der Waals surface area contributed by atoms with Gasteiger partial charge in [0, 0.05) is 18.0 Å². The van der Waals surface area contributed by atoms with Crippen LogP contribution in [0, 0.1) is 0 Å². The van der Waals surface area contributed by atoms with Crippen molar-refractivity contribution < 1.29 is 4.74 Å². The molecule has 0 aliphatic rings. The van der Waals surface area contributed by atoms with Crippen molar-refractivity contribution >= 4 is 34.7 Å². The molecule has 0 saturated heterocycles. The molecule has 0 unspecified atom stereocenters. The molecule has 0 spiro atoms. The summed E-state index contributed by atoms with van der Waals surface area (Å²) in [5.74, 6) is 1.20. The summed E-state index contributed by atoms with van der Waals surface area (Å²) in [6.45, 7) is 0. The Morgan fingerprint density at radius 2 is 2.06 bits per heavy atom. The molecule has 6 heteroatoms. The Labute approximate surface area is 109 Å². The lowest BCUT2D eigenvalue weighted by atomic mass is 10.3. The average molecular weight is 270 g/mol. The summed E-state index contributed by atoms with van der Waals surface area (Å²) in [6.07, 6.45) is 1.57. The summed E-state index contributed by atoms with van der Waals surface area (Å²) in [5, 5.41) is 3.82. The van der Waals surface area contributed by atoms with Crippen LogP contribution >= 0.6 is 23.2 Å². The van der Waals surface area contributed by atoms with Crippen LogP contribution in [-0.4, -0.2) is 17.1 Å². The zero-order chi connectivity index (χ0) is 12.3. The number of nitrogens with one attached hydrogen (secondary N) is 1. The third kappa shape index (κ3) is 2.99. The van der Waals surface area contributed by atoms with Gasteiger partial charge in [0.05, 0.1) is 12.1 Å². The molecular weight excluding hydrogens is 261 g/mol. The molecule has 0 aliphatic heterocycles. The van der Waals surface area contributed by atoms with Crippen LogP contribution in [0.15, 0.2) is 30.5 Å². The molecule has 1 N–H and O–H groups in total. The first kappa shape index (κ1) is 12.0. The van der Waals surface area contributed by atoms with Gasteiger partial charge in [-0.05, 0) is 29.8 Å². The number of rotatable bonds is 3. The second kappa shape index (κ2) is 5.21. The lowest BCUT2D eigenvalue weighted by Crippen LogP contribution is -1.95. The Balaban J connectivity index is 2.24. The molecular formula is C11H9Cl2N3O. The van der Waals surface area contributed by atoms with E-state index in [1.54, 1.807) is 31.5 Å². The molecule has 2 aromatic rings. The van der Waals surface area contributed by atoms with Crippen LogP contribution in [0.25, 0.3) is 0 Å². The highest BCUT2D eigenvalue weighted by Crippen LogP contribution is 2.28. The molecule has 0 fully saturated rings. The van der Waals surface area contributed by atoms with Gasteiger partial charge in [0.25, 0.3) is 0 Å². The van der Waals surface area contributed by atoms with Gasteiger partial charge >= 0.3 is 0 Å². The summed E-state index contributed by atoms with van der Waals surface area (Å²) in [7, 11) is 1.56. The lowest BCUT2D eigenvalue weighted by Gasteiger charge is -2.08. The first-order valence-corrected chi connectivity index (χ1v) is 5.54. The van der Waals surface area contributed by atoms with Crippen molar-refractivity contribution in [1.29, 1.82) is 0 Å². The van der Waals surface area contributed by atoms with Crippen molar-refractivity contribution in [3.05, 3.63) is 40.8 Å². The van der Waals surface area contributed by atoms with Crippen LogP contribution < -0.4 is 10.1 Å². The van der Waals surface area contributed by atoms with Crippen LogP contribution in [0.3, 0.4) is 0 Å². The molecule has 2 rings (SSSR count). The van der Waals surface area contributed by atoms with E-state index >= 15 is 0 Å². The highest BCUT2D eigenvalue weighted by molar-refractivity contribution is 6.32. The number of benzene rings is 1. The van der Waals surface area contributed by atoms with Crippen LogP contribution in [-0.2, 0) is 0 Å². The Bertz CT molecular complexity index is 534. The fourth-order valence-electron chi connectivity index (χ4n) is 1.29. The maximum absolute atomic E-state index is 5.93. The van der Waals surface area contributed by atoms with E-state index in [9.17, 15) is 0 Å². The van der Waals surface area contributed by atoms with E-state index in [1.165, 1.54) is 0 Å². The quantitative estimate of drug-likeness (QED) is 0.866. The monoisotopic (exact) mass is 269 g/mol. The van der Waals surface area contributed by atoms with E-state index in [-0.39, 0.29) is 5.28 Å². The second-order valence-electron chi connectivity index (χ2n) is 3.19. The largest absolute Gasteiger partial charge is 0.495 e. The first-order chi connectivity index (χ1) is 8.19. The molecule has 0 bridgehead atoms. The molecule has 0 aliphatic carbocycles. The minimum Gasteiger partial charge on any atom is -0.495 e. The molecule has 1 aromatic heterocycles. The molecule has 0 amide bonds. The van der Waals surface area contributed by atoms with Gasteiger partial charge in [-0.15, -0.1) is 0 Å². The van der Waals surface area contributed by atoms with Gasteiger partial charge in [0.2, 0.25) is 5.28 Å². The maximum Gasteiger partial charge on any atom is 0.224 e. The first-order valence-electron chi connectivity index (χ1n) is 4.78. The second-order valence-corrected chi connectivity index (χ2v) is 3.93. The van der Waals surface area contributed by atoms with Crippen LogP contribution in [0.2, 0.25) is 10.3 Å². The molecule has 0 atom stereocenters. The SMILES string of the molecule is COc1cc(Nc2ccnc(Cl)n2)ccc1Cl. The van der Waals surface area contributed by atoms with E-state index in [4.69, 9.17) is 27.9 Å². The number of nitrogens with zero attached hydrogens (tertiary/aromatic N) is 2. The average Bonchev–Trinajstić information content (AvgIpc) is 2.32. The molecule has 4 nitrogen and oxygen atoms in total. The lowest BCUT2D eigenvalue weighted by molar-refractivity contribution is 0.415. The van der Waals surface area contributed by atoms with Gasteiger partial charge in [0.15, 0.2) is 0 Å². The number of hydrogen-bond donors (Lipinski definition) is 1. The summed E-state index contributed by atoms with van der Waals surface area (Å²) < 4.78 is 5.12. The van der Waals surface area contributed by atoms with Crippen molar-refractivity contribution in [2.75, 3.05) is 12.4 Å². The Hall–Kier alpha value is -1.52. The summed E-state index contributed by atoms with van der Waals surface area (Å²) in [5.41, 5.74) is 0.806. The van der Waals surface area contributed by atoms with Crippen molar-refractivity contribution in [1.82, 2.24) is 9.97 Å². The molecule has 1 heterocycles. The maximum atomic E-state index is 5.93. The van der Waals surface area contributed by atoms with Crippen molar-refractivity contribution in [3.8, 4) is 5.75 Å². The van der Waals surface area contributed by atoms with Crippen molar-refractivity contribution in [3.63, 3.8) is 0 Å². The van der Waals surface area contributed by atoms with E-state index in [1.807, 2.05) is 6.07 Å². The normalized spacial score (nSPS) is 10.1. The van der Waals surface area contributed by atoms with Crippen molar-refractivity contribution in [2.45, 2.75) is 0 Å². The summed E-state index contributed by atoms with van der Waals surface area (Å²) >= 11 is 11.6. The topological polar surface area (TPSA) is 47.0 Å². The number of ether oxygens (including phenoxy) is 1. The molecule has 0 saturated carbocycles. The summed E-state index contributed by atoms with van der Waals surface area (Å²) in [4.78, 5) is 7.81. The minimum absolute atomic E-state index is 0.191. The molecule has 0 radical (unpaired) electrons. The van der Waals surface area contributed by atoms with Gasteiger partial charge in [-0.25, -0.2) is 9.97 Å². The van der Waals surface area contributed by atoms with E-state index in [0.717, 1.165) is 5.69 Å². The van der Waals surface area contributed by atoms with Gasteiger partial charge in [0.1, 0.15) is 11.6 Å². The molecule has 1 aromatic carbocycles. The number of anilines is 2. The highest BCUT2D eigenvalue weighted by atomic mass is 35.5. The number of methoxy groups -OCH3 is 1. The van der Waals surface area contributed by atoms with Gasteiger partial charge in [-0.3, -0.25) is 0 Å². The summed E-state index contributed by atoms with van der Waals surface area (Å²) in [6, 6.07) is 7.05. The third-order valence-electron chi connectivity index (χ3n) is 2.05. The van der Waals surface area contributed by atoms with Crippen molar-refractivity contribution in [2.24, 2.45) is 0 Å². The van der Waals surface area contributed by atoms with E-state index in [2.05, 4.69) is 15.3 Å². The molecule has 88 valence electrons. The predicted octanol–water partition coefficient (Wildman–Crippen LogP) is 3.54. The predicted molar refractivity (Wildman–Crippen MR) is 68.3 cm³/mol. The fourth-order valence-corrected chi connectivity index (χ4v) is 1.63. The Kier molecular flexibility index (Phi) is 3.66. The fraction of sp³-hybridized carbons (Fsp3) is 0.0909. The number of halogens is 2. The Morgan fingerprint density at radius 3 is 2.76 bits per heavy atom. The minimum atomic E-state index is 0.191. The number of hydrogen-bond acceptors (Lipinski definition) is 4. The smallest absolute Gasteiger partial charge is 0.224 e. The standard InChI is InChI=1S/C11H9Cl2N3O/c1-17-9-6-7(2-3-8(9)12)15-10-4-5-14-11(13)16-10/h2-6H,1H3,(H,14,15,16). The van der Waals surface area contributed by atoms with Gasteiger partial charge < -0.3 is 10.1 Å². The Morgan fingerprint density at radius 1 is 1.24 bits per heavy atom. The van der Waals surface area contributed by atoms with Crippen LogP contribution in [0.1, 0.15) is 0 Å². The van der Waals surface area contributed by atoms with Crippen LogP contribution in [0.5, 0.6) is 5.75 Å². The van der Waals surface area contributed by atoms with Crippen LogP contribution in [0.4, 0.5) is 11.5 Å². The van der Waals surface area contributed by atoms with E-state index < -0.39 is 0 Å². The van der Waals surface area contributed by atoms with Gasteiger partial charge in [-0.1, -0.05) is 11.6 Å². The number of aromatic nitrogens is 2. The molecule has 17 heavy (non-hydrogen) atoms. The third-order valence-corrected chi connectivity index (χ3v) is 2.54.